The van der Waals surface area contributed by atoms with Gasteiger partial charge in [0.05, 0.1) is 4.92 Å². The van der Waals surface area contributed by atoms with Crippen molar-refractivity contribution in [3.63, 3.8) is 0 Å². The number of nitro groups is 1. The Labute approximate surface area is 117 Å². The van der Waals surface area contributed by atoms with E-state index in [-0.39, 0.29) is 23.4 Å². The summed E-state index contributed by atoms with van der Waals surface area (Å²) in [4.78, 5) is 24.3. The number of para-hydroxylation sites is 2. The fraction of sp³-hybridized carbons (Fsp3) is 0.500. The maximum absolute atomic E-state index is 12.2. The van der Waals surface area contributed by atoms with Crippen molar-refractivity contribution in [3.05, 3.63) is 34.4 Å². The summed E-state index contributed by atoms with van der Waals surface area (Å²) in [6, 6.07) is 6.13. The number of anilines is 1. The van der Waals surface area contributed by atoms with Gasteiger partial charge in [-0.25, -0.2) is 4.79 Å². The fourth-order valence-corrected chi connectivity index (χ4v) is 2.58. The van der Waals surface area contributed by atoms with E-state index >= 15 is 0 Å². The Balaban J connectivity index is 2.05. The number of nitro benzene ring substituents is 1. The fourth-order valence-electron chi connectivity index (χ4n) is 2.58. The van der Waals surface area contributed by atoms with Crippen LogP contribution in [0, 0.1) is 10.1 Å². The minimum absolute atomic E-state index is 0.0853. The predicted molar refractivity (Wildman–Crippen MR) is 76.8 cm³/mol. The van der Waals surface area contributed by atoms with Gasteiger partial charge in [0.2, 0.25) is 0 Å². The van der Waals surface area contributed by atoms with Crippen LogP contribution in [0.3, 0.4) is 0 Å². The molecule has 1 aliphatic carbocycles. The Morgan fingerprint density at radius 3 is 2.60 bits per heavy atom. The van der Waals surface area contributed by atoms with Crippen LogP contribution in [-0.2, 0) is 0 Å². The largest absolute Gasteiger partial charge is 0.325 e. The van der Waals surface area contributed by atoms with Gasteiger partial charge in [-0.3, -0.25) is 10.1 Å². The van der Waals surface area contributed by atoms with Gasteiger partial charge in [0.25, 0.3) is 5.69 Å². The first-order valence-electron chi connectivity index (χ1n) is 6.87. The number of hydrogen-bond acceptors (Lipinski definition) is 3. The highest BCUT2D eigenvalue weighted by atomic mass is 16.6. The van der Waals surface area contributed by atoms with Crippen molar-refractivity contribution in [2.45, 2.75) is 38.1 Å². The Morgan fingerprint density at radius 1 is 1.30 bits per heavy atom. The van der Waals surface area contributed by atoms with Crippen LogP contribution in [0.25, 0.3) is 0 Å². The van der Waals surface area contributed by atoms with Gasteiger partial charge in [0.15, 0.2) is 0 Å². The van der Waals surface area contributed by atoms with Crippen LogP contribution >= 0.6 is 0 Å². The first-order valence-corrected chi connectivity index (χ1v) is 6.87. The van der Waals surface area contributed by atoms with Crippen molar-refractivity contribution in [3.8, 4) is 0 Å². The van der Waals surface area contributed by atoms with Crippen molar-refractivity contribution in [1.29, 1.82) is 0 Å². The Morgan fingerprint density at radius 2 is 1.95 bits per heavy atom. The number of rotatable bonds is 3. The van der Waals surface area contributed by atoms with Crippen molar-refractivity contribution in [2.24, 2.45) is 0 Å². The quantitative estimate of drug-likeness (QED) is 0.679. The molecule has 6 heteroatoms. The number of urea groups is 1. The average Bonchev–Trinajstić information content (AvgIpc) is 2.47. The second kappa shape index (κ2) is 6.36. The van der Waals surface area contributed by atoms with E-state index in [0.717, 1.165) is 25.7 Å². The van der Waals surface area contributed by atoms with Crippen LogP contribution in [0.1, 0.15) is 32.1 Å². The topological polar surface area (TPSA) is 75.5 Å². The zero-order chi connectivity index (χ0) is 14.5. The first-order chi connectivity index (χ1) is 9.59. The van der Waals surface area contributed by atoms with Gasteiger partial charge >= 0.3 is 6.03 Å². The van der Waals surface area contributed by atoms with Crippen molar-refractivity contribution in [2.75, 3.05) is 12.4 Å². The number of amides is 2. The Kier molecular flexibility index (Phi) is 4.55. The molecule has 0 bridgehead atoms. The van der Waals surface area contributed by atoms with Crippen LogP contribution in [0.15, 0.2) is 24.3 Å². The molecule has 0 atom stereocenters. The van der Waals surface area contributed by atoms with Crippen molar-refractivity contribution < 1.29 is 9.72 Å². The van der Waals surface area contributed by atoms with Gasteiger partial charge in [0.1, 0.15) is 5.69 Å². The lowest BCUT2D eigenvalue weighted by molar-refractivity contribution is -0.383. The molecular weight excluding hydrogens is 258 g/mol. The van der Waals surface area contributed by atoms with E-state index in [1.54, 1.807) is 30.1 Å². The molecule has 0 heterocycles. The maximum atomic E-state index is 12.2. The number of benzene rings is 1. The number of nitrogens with zero attached hydrogens (tertiary/aromatic N) is 2. The third-order valence-corrected chi connectivity index (χ3v) is 3.79. The lowest BCUT2D eigenvalue weighted by atomic mass is 9.95. The van der Waals surface area contributed by atoms with Crippen LogP contribution in [0.2, 0.25) is 0 Å². The molecule has 0 aliphatic heterocycles. The SMILES string of the molecule is CN(C(=O)Nc1ccccc1[N+](=O)[O-])C1CCCCC1. The smallest absolute Gasteiger partial charge is 0.322 e. The zero-order valence-corrected chi connectivity index (χ0v) is 11.5. The number of carbonyl (C=O) groups excluding carboxylic acids is 1. The summed E-state index contributed by atoms with van der Waals surface area (Å²) in [6.07, 6.45) is 5.49. The van der Waals surface area contributed by atoms with Crippen LogP contribution in [0.4, 0.5) is 16.2 Å². The monoisotopic (exact) mass is 277 g/mol. The van der Waals surface area contributed by atoms with Gasteiger partial charge in [-0.05, 0) is 18.9 Å². The van der Waals surface area contributed by atoms with Crippen molar-refractivity contribution >= 4 is 17.4 Å². The standard InChI is InChI=1S/C14H19N3O3/c1-16(11-7-3-2-4-8-11)14(18)15-12-9-5-6-10-13(12)17(19)20/h5-6,9-11H,2-4,7-8H2,1H3,(H,15,18). The zero-order valence-electron chi connectivity index (χ0n) is 11.5. The van der Waals surface area contributed by atoms with Gasteiger partial charge in [-0.1, -0.05) is 31.4 Å². The molecule has 0 aromatic heterocycles. The average molecular weight is 277 g/mol. The third kappa shape index (κ3) is 3.26. The predicted octanol–water partition coefficient (Wildman–Crippen LogP) is 3.39. The van der Waals surface area contributed by atoms with Crippen LogP contribution < -0.4 is 5.32 Å². The van der Waals surface area contributed by atoms with E-state index in [9.17, 15) is 14.9 Å². The second-order valence-electron chi connectivity index (χ2n) is 5.11. The van der Waals surface area contributed by atoms with E-state index < -0.39 is 4.92 Å². The summed E-state index contributed by atoms with van der Waals surface area (Å²) in [6.45, 7) is 0. The molecule has 6 nitrogen and oxygen atoms in total. The molecule has 2 rings (SSSR count). The maximum Gasteiger partial charge on any atom is 0.322 e. The molecule has 0 radical (unpaired) electrons. The van der Waals surface area contributed by atoms with E-state index in [1.165, 1.54) is 12.5 Å². The molecule has 1 aromatic carbocycles. The normalized spacial score (nSPS) is 15.7. The van der Waals surface area contributed by atoms with E-state index in [2.05, 4.69) is 5.32 Å². The molecule has 1 saturated carbocycles. The van der Waals surface area contributed by atoms with Gasteiger partial charge in [-0.15, -0.1) is 0 Å². The summed E-state index contributed by atoms with van der Waals surface area (Å²) in [5.74, 6) is 0. The number of hydrogen-bond donors (Lipinski definition) is 1. The molecule has 1 fully saturated rings. The molecule has 1 aliphatic rings. The molecule has 0 unspecified atom stereocenters. The molecule has 0 spiro atoms. The van der Waals surface area contributed by atoms with Crippen LogP contribution in [0.5, 0.6) is 0 Å². The molecule has 0 saturated heterocycles. The van der Waals surface area contributed by atoms with Gasteiger partial charge in [0, 0.05) is 19.2 Å². The third-order valence-electron chi connectivity index (χ3n) is 3.79. The highest BCUT2D eigenvalue weighted by Crippen LogP contribution is 2.25. The summed E-state index contributed by atoms with van der Waals surface area (Å²) in [5.41, 5.74) is 0.156. The number of nitrogens with one attached hydrogen (secondary N) is 1. The molecule has 20 heavy (non-hydrogen) atoms. The molecule has 2 amide bonds. The minimum Gasteiger partial charge on any atom is -0.325 e. The van der Waals surface area contributed by atoms with Crippen molar-refractivity contribution in [1.82, 2.24) is 4.90 Å². The van der Waals surface area contributed by atoms with E-state index in [0.29, 0.717) is 0 Å². The molecule has 1 aromatic rings. The molecule has 108 valence electrons. The lowest BCUT2D eigenvalue weighted by Crippen LogP contribution is -2.40. The number of carbonyl (C=O) groups is 1. The van der Waals surface area contributed by atoms with Crippen LogP contribution in [-0.4, -0.2) is 28.9 Å². The Bertz CT molecular complexity index is 498. The summed E-state index contributed by atoms with van der Waals surface area (Å²) in [7, 11) is 1.75. The summed E-state index contributed by atoms with van der Waals surface area (Å²) in [5, 5.41) is 13.5. The molecular formula is C14H19N3O3. The summed E-state index contributed by atoms with van der Waals surface area (Å²) >= 11 is 0. The Hall–Kier alpha value is -2.11. The van der Waals surface area contributed by atoms with E-state index in [1.807, 2.05) is 0 Å². The lowest BCUT2D eigenvalue weighted by Gasteiger charge is -2.31. The van der Waals surface area contributed by atoms with E-state index in [4.69, 9.17) is 0 Å². The highest BCUT2D eigenvalue weighted by molar-refractivity contribution is 5.91. The van der Waals surface area contributed by atoms with Gasteiger partial charge in [-0.2, -0.15) is 0 Å². The van der Waals surface area contributed by atoms with Gasteiger partial charge < -0.3 is 10.2 Å². The second-order valence-corrected chi connectivity index (χ2v) is 5.11. The molecule has 1 N–H and O–H groups in total. The first kappa shape index (κ1) is 14.3. The highest BCUT2D eigenvalue weighted by Gasteiger charge is 2.23. The summed E-state index contributed by atoms with van der Waals surface area (Å²) < 4.78 is 0. The minimum atomic E-state index is -0.490.